The molecule has 0 aromatic heterocycles. The van der Waals surface area contributed by atoms with Crippen molar-refractivity contribution >= 4 is 0 Å². The number of rotatable bonds is 3. The zero-order valence-electron chi connectivity index (χ0n) is 10.8. The van der Waals surface area contributed by atoms with Gasteiger partial charge in [-0.2, -0.15) is 0 Å². The summed E-state index contributed by atoms with van der Waals surface area (Å²) in [5.41, 5.74) is 0.827. The summed E-state index contributed by atoms with van der Waals surface area (Å²) in [6.45, 7) is 3.71. The first-order chi connectivity index (χ1) is 7.10. The largest absolute Gasteiger partial charge is 0.309 e. The molecular formula is C14H27N. The third kappa shape index (κ3) is 2.75. The summed E-state index contributed by atoms with van der Waals surface area (Å²) in [6, 6.07) is 0. The molecule has 0 aliphatic heterocycles. The number of hydrogen-bond acceptors (Lipinski definition) is 1. The molecule has 15 heavy (non-hydrogen) atoms. The maximum absolute atomic E-state index is 2.42. The van der Waals surface area contributed by atoms with E-state index in [0.29, 0.717) is 0 Å². The monoisotopic (exact) mass is 209 g/mol. The molecule has 1 nitrogen and oxygen atoms in total. The van der Waals surface area contributed by atoms with Crippen molar-refractivity contribution in [1.29, 1.82) is 0 Å². The average Bonchev–Trinajstić information content (AvgIpc) is 2.15. The van der Waals surface area contributed by atoms with E-state index in [9.17, 15) is 0 Å². The summed E-state index contributed by atoms with van der Waals surface area (Å²) >= 11 is 0. The molecular weight excluding hydrogens is 182 g/mol. The van der Waals surface area contributed by atoms with Crippen LogP contribution in [0.15, 0.2) is 0 Å². The van der Waals surface area contributed by atoms with E-state index in [1.807, 2.05) is 0 Å². The predicted molar refractivity (Wildman–Crippen MR) is 66.0 cm³/mol. The van der Waals surface area contributed by atoms with Gasteiger partial charge in [0.1, 0.15) is 0 Å². The van der Waals surface area contributed by atoms with Crippen molar-refractivity contribution in [3.63, 3.8) is 0 Å². The van der Waals surface area contributed by atoms with Crippen LogP contribution in [0, 0.1) is 17.3 Å². The van der Waals surface area contributed by atoms with Crippen molar-refractivity contribution in [3.05, 3.63) is 0 Å². The molecule has 0 bridgehead atoms. The molecule has 0 saturated heterocycles. The van der Waals surface area contributed by atoms with Crippen LogP contribution >= 0.6 is 0 Å². The fourth-order valence-electron chi connectivity index (χ4n) is 3.85. The van der Waals surface area contributed by atoms with Crippen LogP contribution in [0.3, 0.4) is 0 Å². The third-order valence-corrected chi connectivity index (χ3v) is 4.71. The lowest BCUT2D eigenvalue weighted by Crippen LogP contribution is -2.39. The third-order valence-electron chi connectivity index (χ3n) is 4.71. The van der Waals surface area contributed by atoms with Gasteiger partial charge >= 0.3 is 0 Å². The van der Waals surface area contributed by atoms with Crippen molar-refractivity contribution < 1.29 is 0 Å². The zero-order valence-corrected chi connectivity index (χ0v) is 10.8. The Balaban J connectivity index is 1.68. The van der Waals surface area contributed by atoms with E-state index >= 15 is 0 Å². The lowest BCUT2D eigenvalue weighted by atomic mass is 9.55. The lowest BCUT2D eigenvalue weighted by molar-refractivity contribution is 0.00663. The summed E-state index contributed by atoms with van der Waals surface area (Å²) in [7, 11) is 4.38. The Hall–Kier alpha value is -0.0400. The van der Waals surface area contributed by atoms with E-state index in [1.54, 1.807) is 0 Å². The Kier molecular flexibility index (Phi) is 3.39. The minimum absolute atomic E-state index is 0.827. The molecule has 0 atom stereocenters. The van der Waals surface area contributed by atoms with Gasteiger partial charge in [-0.15, -0.1) is 0 Å². The second kappa shape index (κ2) is 4.45. The normalized spacial score (nSPS) is 40.8. The minimum atomic E-state index is 0.827. The Morgan fingerprint density at radius 3 is 2.20 bits per heavy atom. The molecule has 2 aliphatic rings. The highest BCUT2D eigenvalue weighted by Crippen LogP contribution is 2.55. The van der Waals surface area contributed by atoms with Crippen molar-refractivity contribution in [1.82, 2.24) is 4.90 Å². The molecule has 1 spiro atoms. The van der Waals surface area contributed by atoms with Crippen molar-refractivity contribution in [2.45, 2.75) is 51.9 Å². The van der Waals surface area contributed by atoms with E-state index in [-0.39, 0.29) is 0 Å². The first kappa shape index (κ1) is 11.4. The standard InChI is InChI=1S/C14H27N/c1-12-10-14(11-12)7-4-13(5-8-14)6-9-15(2)3/h12-13H,4-11H2,1-3H3. The molecule has 1 heteroatoms. The molecule has 2 rings (SSSR count). The van der Waals surface area contributed by atoms with Gasteiger partial charge in [0, 0.05) is 0 Å². The number of hydrogen-bond donors (Lipinski definition) is 0. The van der Waals surface area contributed by atoms with Crippen molar-refractivity contribution in [2.24, 2.45) is 17.3 Å². The summed E-state index contributed by atoms with van der Waals surface area (Å²) < 4.78 is 0. The van der Waals surface area contributed by atoms with Crippen LogP contribution in [0.25, 0.3) is 0 Å². The molecule has 2 aliphatic carbocycles. The van der Waals surface area contributed by atoms with Crippen LogP contribution in [0.2, 0.25) is 0 Å². The Bertz CT molecular complexity index is 193. The molecule has 0 amide bonds. The number of nitrogens with zero attached hydrogens (tertiary/aromatic N) is 1. The second-order valence-electron chi connectivity index (χ2n) is 6.55. The summed E-state index contributed by atoms with van der Waals surface area (Å²) in [6.07, 6.45) is 10.6. The van der Waals surface area contributed by atoms with E-state index < -0.39 is 0 Å². The quantitative estimate of drug-likeness (QED) is 0.687. The van der Waals surface area contributed by atoms with Crippen LogP contribution in [0.5, 0.6) is 0 Å². The molecule has 0 aromatic rings. The van der Waals surface area contributed by atoms with Crippen LogP contribution in [-0.2, 0) is 0 Å². The van der Waals surface area contributed by atoms with Crippen LogP contribution < -0.4 is 0 Å². The Morgan fingerprint density at radius 2 is 1.73 bits per heavy atom. The summed E-state index contributed by atoms with van der Waals surface area (Å²) in [4.78, 5) is 2.33. The highest BCUT2D eigenvalue weighted by atomic mass is 15.0. The van der Waals surface area contributed by atoms with Gasteiger partial charge in [-0.25, -0.2) is 0 Å². The van der Waals surface area contributed by atoms with Gasteiger partial charge in [0.25, 0.3) is 0 Å². The van der Waals surface area contributed by atoms with E-state index in [2.05, 4.69) is 25.9 Å². The summed E-state index contributed by atoms with van der Waals surface area (Å²) in [5, 5.41) is 0. The summed E-state index contributed by atoms with van der Waals surface area (Å²) in [5.74, 6) is 2.07. The molecule has 88 valence electrons. The topological polar surface area (TPSA) is 3.24 Å². The predicted octanol–water partition coefficient (Wildman–Crippen LogP) is 3.54. The van der Waals surface area contributed by atoms with Crippen LogP contribution in [0.4, 0.5) is 0 Å². The average molecular weight is 209 g/mol. The van der Waals surface area contributed by atoms with Gasteiger partial charge in [0.2, 0.25) is 0 Å². The SMILES string of the molecule is CC1CC2(CCC(CCN(C)C)CC2)C1. The molecule has 2 saturated carbocycles. The first-order valence-electron chi connectivity index (χ1n) is 6.74. The smallest absolute Gasteiger partial charge is 0.00222 e. The van der Waals surface area contributed by atoms with Gasteiger partial charge in [0.05, 0.1) is 0 Å². The van der Waals surface area contributed by atoms with Crippen molar-refractivity contribution in [2.75, 3.05) is 20.6 Å². The van der Waals surface area contributed by atoms with Gasteiger partial charge in [0.15, 0.2) is 0 Å². The fraction of sp³-hybridized carbons (Fsp3) is 1.00. The molecule has 0 unspecified atom stereocenters. The zero-order chi connectivity index (χ0) is 10.9. The Morgan fingerprint density at radius 1 is 1.13 bits per heavy atom. The minimum Gasteiger partial charge on any atom is -0.309 e. The van der Waals surface area contributed by atoms with E-state index in [0.717, 1.165) is 17.3 Å². The van der Waals surface area contributed by atoms with E-state index in [1.165, 1.54) is 51.5 Å². The molecule has 2 fully saturated rings. The fourth-order valence-corrected chi connectivity index (χ4v) is 3.85. The van der Waals surface area contributed by atoms with Gasteiger partial charge < -0.3 is 4.90 Å². The van der Waals surface area contributed by atoms with Gasteiger partial charge in [-0.05, 0) is 82.8 Å². The highest BCUT2D eigenvalue weighted by molar-refractivity contribution is 4.95. The Labute approximate surface area is 95.2 Å². The molecule has 0 N–H and O–H groups in total. The maximum atomic E-state index is 2.42. The van der Waals surface area contributed by atoms with Crippen molar-refractivity contribution in [3.8, 4) is 0 Å². The van der Waals surface area contributed by atoms with Gasteiger partial charge in [-0.1, -0.05) is 6.92 Å². The molecule has 0 radical (unpaired) electrons. The maximum Gasteiger partial charge on any atom is -0.00222 e. The van der Waals surface area contributed by atoms with E-state index in [4.69, 9.17) is 0 Å². The highest BCUT2D eigenvalue weighted by Gasteiger charge is 2.43. The van der Waals surface area contributed by atoms with Crippen LogP contribution in [0.1, 0.15) is 51.9 Å². The first-order valence-corrected chi connectivity index (χ1v) is 6.74. The second-order valence-corrected chi connectivity index (χ2v) is 6.55. The molecule has 0 aromatic carbocycles. The lowest BCUT2D eigenvalue weighted by Gasteiger charge is -2.51. The van der Waals surface area contributed by atoms with Gasteiger partial charge in [-0.3, -0.25) is 0 Å². The van der Waals surface area contributed by atoms with Crippen LogP contribution in [-0.4, -0.2) is 25.5 Å². The molecule has 0 heterocycles.